The average Bonchev–Trinajstić information content (AvgIpc) is 3.13. The van der Waals surface area contributed by atoms with Crippen LogP contribution in [0.5, 0.6) is 0 Å². The van der Waals surface area contributed by atoms with Gasteiger partial charge in [0, 0.05) is 25.7 Å². The first-order chi connectivity index (χ1) is 10.1. The van der Waals surface area contributed by atoms with Crippen molar-refractivity contribution in [3.8, 4) is 0 Å². The fourth-order valence-electron chi connectivity index (χ4n) is 2.40. The number of benzene rings is 1. The van der Waals surface area contributed by atoms with Crippen LogP contribution in [-0.4, -0.2) is 33.5 Å². The Morgan fingerprint density at radius 3 is 2.71 bits per heavy atom. The predicted molar refractivity (Wildman–Crippen MR) is 80.5 cm³/mol. The summed E-state index contributed by atoms with van der Waals surface area (Å²) in [5.41, 5.74) is 3.07. The third kappa shape index (κ3) is 2.32. The van der Waals surface area contributed by atoms with Gasteiger partial charge in [0.2, 0.25) is 6.34 Å². The van der Waals surface area contributed by atoms with E-state index in [2.05, 4.69) is 22.1 Å². The molecule has 5 nitrogen and oxygen atoms in total. The molecule has 3 rings (SSSR count). The zero-order chi connectivity index (χ0) is 14.9. The Kier molecular flexibility index (Phi) is 3.27. The van der Waals surface area contributed by atoms with Crippen LogP contribution in [0.2, 0.25) is 0 Å². The second kappa shape index (κ2) is 5.10. The molecule has 0 spiro atoms. The number of allylic oxidation sites excluding steroid dienone is 2. The molecule has 0 fully saturated rings. The van der Waals surface area contributed by atoms with E-state index in [1.54, 1.807) is 18.7 Å². The van der Waals surface area contributed by atoms with Crippen molar-refractivity contribution in [3.63, 3.8) is 0 Å². The van der Waals surface area contributed by atoms with Crippen LogP contribution in [0.25, 0.3) is 0 Å². The standard InChI is InChI=1S/C16H17N4O/c1-13-15(10-14-6-4-3-5-7-14)18-12-20(13,2)16(21)19-9-8-17-11-19/h3-9,11-12H,10H2,1-2H3/q+1. The maximum Gasteiger partial charge on any atom is 0.439 e. The Labute approximate surface area is 123 Å². The van der Waals surface area contributed by atoms with Crippen LogP contribution >= 0.6 is 0 Å². The lowest BCUT2D eigenvalue weighted by molar-refractivity contribution is -0.681. The van der Waals surface area contributed by atoms with E-state index >= 15 is 0 Å². The van der Waals surface area contributed by atoms with Crippen LogP contribution in [0.3, 0.4) is 0 Å². The Bertz CT molecular complexity index is 716. The smallest absolute Gasteiger partial charge is 0.245 e. The summed E-state index contributed by atoms with van der Waals surface area (Å²) in [4.78, 5) is 21.0. The van der Waals surface area contributed by atoms with E-state index < -0.39 is 0 Å². The third-order valence-corrected chi connectivity index (χ3v) is 3.90. The molecular weight excluding hydrogens is 264 g/mol. The number of nitrogens with zero attached hydrogens (tertiary/aromatic N) is 4. The second-order valence-corrected chi connectivity index (χ2v) is 5.27. The van der Waals surface area contributed by atoms with Gasteiger partial charge in [-0.05, 0) is 5.56 Å². The zero-order valence-electron chi connectivity index (χ0n) is 12.1. The van der Waals surface area contributed by atoms with Gasteiger partial charge >= 0.3 is 6.03 Å². The number of amides is 1. The van der Waals surface area contributed by atoms with Gasteiger partial charge in [-0.2, -0.15) is 4.48 Å². The Morgan fingerprint density at radius 1 is 1.29 bits per heavy atom. The lowest BCUT2D eigenvalue weighted by Gasteiger charge is -2.22. The average molecular weight is 281 g/mol. The molecule has 21 heavy (non-hydrogen) atoms. The van der Waals surface area contributed by atoms with E-state index in [0.29, 0.717) is 0 Å². The van der Waals surface area contributed by atoms with Gasteiger partial charge in [0.05, 0.1) is 7.05 Å². The van der Waals surface area contributed by atoms with Crippen LogP contribution in [0.1, 0.15) is 12.5 Å². The van der Waals surface area contributed by atoms with Crippen LogP contribution in [0.15, 0.2) is 65.4 Å². The minimum absolute atomic E-state index is 0.0541. The highest BCUT2D eigenvalue weighted by Gasteiger charge is 2.40. The summed E-state index contributed by atoms with van der Waals surface area (Å²) < 4.78 is 1.54. The summed E-state index contributed by atoms with van der Waals surface area (Å²) in [5.74, 6) is 0. The van der Waals surface area contributed by atoms with Gasteiger partial charge in [0.15, 0.2) is 0 Å². The van der Waals surface area contributed by atoms with Crippen LogP contribution in [-0.2, 0) is 6.42 Å². The predicted octanol–water partition coefficient (Wildman–Crippen LogP) is 2.81. The van der Waals surface area contributed by atoms with Crippen molar-refractivity contribution in [2.24, 2.45) is 4.99 Å². The molecule has 1 aromatic heterocycles. The molecule has 0 saturated carbocycles. The molecule has 0 saturated heterocycles. The number of carbonyl (C=O) groups excluding carboxylic acids is 1. The molecule has 2 aromatic rings. The molecule has 1 aliphatic rings. The second-order valence-electron chi connectivity index (χ2n) is 5.27. The van der Waals surface area contributed by atoms with E-state index in [0.717, 1.165) is 17.8 Å². The van der Waals surface area contributed by atoms with Gasteiger partial charge in [-0.15, -0.1) is 0 Å². The van der Waals surface area contributed by atoms with Gasteiger partial charge in [0.25, 0.3) is 0 Å². The molecule has 1 unspecified atom stereocenters. The minimum atomic E-state index is -0.0863. The summed E-state index contributed by atoms with van der Waals surface area (Å²) in [6, 6.07) is 10.1. The monoisotopic (exact) mass is 281 g/mol. The molecule has 5 heteroatoms. The summed E-state index contributed by atoms with van der Waals surface area (Å²) >= 11 is 0. The van der Waals surface area contributed by atoms with Crippen molar-refractivity contribution in [1.29, 1.82) is 0 Å². The van der Waals surface area contributed by atoms with E-state index in [-0.39, 0.29) is 10.5 Å². The molecule has 1 atom stereocenters. The number of hydrogen-bond acceptors (Lipinski definition) is 3. The molecule has 0 N–H and O–H groups in total. The lowest BCUT2D eigenvalue weighted by atomic mass is 10.1. The van der Waals surface area contributed by atoms with Crippen molar-refractivity contribution in [2.45, 2.75) is 13.3 Å². The Balaban J connectivity index is 1.90. The number of imidazole rings is 1. The highest BCUT2D eigenvalue weighted by Crippen LogP contribution is 2.27. The van der Waals surface area contributed by atoms with Crippen LogP contribution < -0.4 is 0 Å². The third-order valence-electron chi connectivity index (χ3n) is 3.90. The molecule has 1 amide bonds. The summed E-state index contributed by atoms with van der Waals surface area (Å²) in [7, 11) is 1.85. The van der Waals surface area contributed by atoms with Gasteiger partial charge in [0.1, 0.15) is 17.7 Å². The lowest BCUT2D eigenvalue weighted by Crippen LogP contribution is -2.47. The van der Waals surface area contributed by atoms with Gasteiger partial charge in [-0.25, -0.2) is 19.3 Å². The number of aliphatic imine (C=N–C) groups is 1. The minimum Gasteiger partial charge on any atom is -0.245 e. The highest BCUT2D eigenvalue weighted by molar-refractivity contribution is 5.80. The first-order valence-electron chi connectivity index (χ1n) is 6.80. The van der Waals surface area contributed by atoms with Crippen LogP contribution in [0.4, 0.5) is 4.79 Å². The molecule has 1 aromatic carbocycles. The quantitative estimate of drug-likeness (QED) is 0.795. The molecule has 2 heterocycles. The van der Waals surface area contributed by atoms with Crippen molar-refractivity contribution in [1.82, 2.24) is 9.55 Å². The normalized spacial score (nSPS) is 21.0. The fourth-order valence-corrected chi connectivity index (χ4v) is 2.40. The Morgan fingerprint density at radius 2 is 2.05 bits per heavy atom. The van der Waals surface area contributed by atoms with Gasteiger partial charge < -0.3 is 0 Å². The van der Waals surface area contributed by atoms with E-state index in [9.17, 15) is 4.79 Å². The van der Waals surface area contributed by atoms with E-state index in [1.807, 2.05) is 32.2 Å². The van der Waals surface area contributed by atoms with Crippen molar-refractivity contribution in [2.75, 3.05) is 7.05 Å². The maximum atomic E-state index is 12.6. The first-order valence-corrected chi connectivity index (χ1v) is 6.80. The molecule has 0 aliphatic carbocycles. The molecule has 1 aliphatic heterocycles. The summed E-state index contributed by atoms with van der Waals surface area (Å²) in [6.07, 6.45) is 7.19. The SMILES string of the molecule is CC1=C(Cc2ccccc2)N=C[N+]1(C)C(=O)n1ccnc1. The zero-order valence-corrected chi connectivity index (χ0v) is 12.1. The molecule has 0 bridgehead atoms. The van der Waals surface area contributed by atoms with Crippen LogP contribution in [0, 0.1) is 0 Å². The van der Waals surface area contributed by atoms with Gasteiger partial charge in [-0.1, -0.05) is 30.3 Å². The molecule has 0 radical (unpaired) electrons. The van der Waals surface area contributed by atoms with Crippen molar-refractivity contribution < 1.29 is 9.28 Å². The first kappa shape index (κ1) is 13.5. The van der Waals surface area contributed by atoms with E-state index in [4.69, 9.17) is 0 Å². The molecular formula is C16H17N4O+. The van der Waals surface area contributed by atoms with Crippen molar-refractivity contribution >= 4 is 12.4 Å². The fraction of sp³-hybridized carbons (Fsp3) is 0.188. The molecule has 106 valence electrons. The van der Waals surface area contributed by atoms with E-state index in [1.165, 1.54) is 16.5 Å². The Hall–Kier alpha value is -2.53. The number of carbonyl (C=O) groups is 1. The summed E-state index contributed by atoms with van der Waals surface area (Å²) in [6.45, 7) is 1.96. The number of quaternary nitrogens is 1. The summed E-state index contributed by atoms with van der Waals surface area (Å²) in [5, 5.41) is 0. The maximum absolute atomic E-state index is 12.6. The highest BCUT2D eigenvalue weighted by atomic mass is 16.2. The largest absolute Gasteiger partial charge is 0.439 e. The topological polar surface area (TPSA) is 47.2 Å². The number of aromatic nitrogens is 2. The number of hydrogen-bond donors (Lipinski definition) is 0. The number of rotatable bonds is 2. The van der Waals surface area contributed by atoms with Crippen molar-refractivity contribution in [3.05, 3.63) is 66.0 Å². The van der Waals surface area contributed by atoms with Gasteiger partial charge in [-0.3, -0.25) is 0 Å².